The first-order valence-corrected chi connectivity index (χ1v) is 7.78. The molecule has 1 N–H and O–H groups in total. The standard InChI is InChI=1S/C16H22BrN/c1-3-4-5-6-8-12(2)14-11-18-16-13(14)9-7-10-15(16)17/h7,9-12,18H,3-6,8H2,1-2H3. The van der Waals surface area contributed by atoms with Crippen molar-refractivity contribution in [3.05, 3.63) is 34.4 Å². The molecule has 1 aromatic heterocycles. The Balaban J connectivity index is 2.08. The van der Waals surface area contributed by atoms with Crippen LogP contribution in [0.5, 0.6) is 0 Å². The first-order chi connectivity index (χ1) is 8.74. The summed E-state index contributed by atoms with van der Waals surface area (Å²) in [5, 5.41) is 1.37. The number of aromatic nitrogens is 1. The number of benzene rings is 1. The molecule has 2 rings (SSSR count). The number of rotatable bonds is 6. The van der Waals surface area contributed by atoms with Crippen LogP contribution in [0.25, 0.3) is 10.9 Å². The normalized spacial score (nSPS) is 13.1. The van der Waals surface area contributed by atoms with Crippen molar-refractivity contribution < 1.29 is 0 Å². The lowest BCUT2D eigenvalue weighted by atomic mass is 9.94. The number of nitrogens with one attached hydrogen (secondary N) is 1. The second-order valence-corrected chi connectivity index (χ2v) is 6.01. The molecule has 1 aromatic carbocycles. The van der Waals surface area contributed by atoms with Crippen LogP contribution in [0.2, 0.25) is 0 Å². The van der Waals surface area contributed by atoms with Crippen LogP contribution >= 0.6 is 15.9 Å². The summed E-state index contributed by atoms with van der Waals surface area (Å²) in [6.45, 7) is 4.61. The van der Waals surface area contributed by atoms with Gasteiger partial charge in [-0.25, -0.2) is 0 Å². The Labute approximate surface area is 118 Å². The maximum atomic E-state index is 3.60. The van der Waals surface area contributed by atoms with Crippen molar-refractivity contribution >= 4 is 26.8 Å². The zero-order valence-corrected chi connectivity index (χ0v) is 12.9. The molecule has 1 unspecified atom stereocenters. The van der Waals surface area contributed by atoms with Crippen molar-refractivity contribution in [3.8, 4) is 0 Å². The third-order valence-electron chi connectivity index (χ3n) is 3.72. The first-order valence-electron chi connectivity index (χ1n) is 6.99. The van der Waals surface area contributed by atoms with Gasteiger partial charge in [0.15, 0.2) is 0 Å². The van der Waals surface area contributed by atoms with E-state index >= 15 is 0 Å². The van der Waals surface area contributed by atoms with E-state index in [9.17, 15) is 0 Å². The summed E-state index contributed by atoms with van der Waals surface area (Å²) in [4.78, 5) is 3.39. The number of para-hydroxylation sites is 1. The van der Waals surface area contributed by atoms with E-state index in [0.717, 1.165) is 4.47 Å². The summed E-state index contributed by atoms with van der Waals surface area (Å²) in [6, 6.07) is 6.43. The molecule has 0 radical (unpaired) electrons. The largest absolute Gasteiger partial charge is 0.360 e. The zero-order chi connectivity index (χ0) is 13.0. The molecule has 98 valence electrons. The van der Waals surface area contributed by atoms with E-state index in [1.165, 1.54) is 48.6 Å². The van der Waals surface area contributed by atoms with Crippen LogP contribution in [0.3, 0.4) is 0 Å². The third-order valence-corrected chi connectivity index (χ3v) is 4.38. The Morgan fingerprint density at radius 2 is 2.06 bits per heavy atom. The van der Waals surface area contributed by atoms with Gasteiger partial charge in [0.05, 0.1) is 5.52 Å². The smallest absolute Gasteiger partial charge is 0.0601 e. The van der Waals surface area contributed by atoms with Crippen molar-refractivity contribution in [2.75, 3.05) is 0 Å². The molecule has 0 amide bonds. The van der Waals surface area contributed by atoms with Crippen LogP contribution in [0.4, 0.5) is 0 Å². The summed E-state index contributed by atoms with van der Waals surface area (Å²) in [5.74, 6) is 0.643. The molecule has 1 nitrogen and oxygen atoms in total. The summed E-state index contributed by atoms with van der Waals surface area (Å²) >= 11 is 3.60. The van der Waals surface area contributed by atoms with Crippen molar-refractivity contribution in [3.63, 3.8) is 0 Å². The van der Waals surface area contributed by atoms with Crippen LogP contribution in [-0.4, -0.2) is 4.98 Å². The van der Waals surface area contributed by atoms with Crippen LogP contribution in [0, 0.1) is 0 Å². The Hall–Kier alpha value is -0.760. The molecular weight excluding hydrogens is 286 g/mol. The number of unbranched alkanes of at least 4 members (excludes halogenated alkanes) is 3. The molecule has 0 saturated carbocycles. The lowest BCUT2D eigenvalue weighted by Gasteiger charge is -2.10. The molecule has 0 fully saturated rings. The fourth-order valence-corrected chi connectivity index (χ4v) is 3.06. The van der Waals surface area contributed by atoms with Gasteiger partial charge < -0.3 is 4.98 Å². The van der Waals surface area contributed by atoms with Crippen molar-refractivity contribution in [2.24, 2.45) is 0 Å². The van der Waals surface area contributed by atoms with Gasteiger partial charge in [-0.2, -0.15) is 0 Å². The van der Waals surface area contributed by atoms with Crippen LogP contribution < -0.4 is 0 Å². The Bertz CT molecular complexity index is 501. The zero-order valence-electron chi connectivity index (χ0n) is 11.3. The molecule has 1 heterocycles. The molecule has 0 spiro atoms. The number of hydrogen-bond donors (Lipinski definition) is 1. The molecular formula is C16H22BrN. The highest BCUT2D eigenvalue weighted by atomic mass is 79.9. The summed E-state index contributed by atoms with van der Waals surface area (Å²) in [7, 11) is 0. The molecule has 0 saturated heterocycles. The molecule has 2 heteroatoms. The number of aromatic amines is 1. The molecule has 2 aromatic rings. The van der Waals surface area contributed by atoms with E-state index in [4.69, 9.17) is 0 Å². The first kappa shape index (κ1) is 13.7. The predicted molar refractivity (Wildman–Crippen MR) is 83.2 cm³/mol. The van der Waals surface area contributed by atoms with E-state index in [-0.39, 0.29) is 0 Å². The summed E-state index contributed by atoms with van der Waals surface area (Å²) in [5.41, 5.74) is 2.69. The summed E-state index contributed by atoms with van der Waals surface area (Å²) < 4.78 is 1.16. The number of hydrogen-bond acceptors (Lipinski definition) is 0. The van der Waals surface area contributed by atoms with E-state index in [2.05, 4.69) is 59.2 Å². The number of fused-ring (bicyclic) bond motifs is 1. The van der Waals surface area contributed by atoms with Crippen LogP contribution in [-0.2, 0) is 0 Å². The maximum absolute atomic E-state index is 3.60. The Morgan fingerprint density at radius 3 is 2.83 bits per heavy atom. The minimum absolute atomic E-state index is 0.643. The maximum Gasteiger partial charge on any atom is 0.0601 e. The minimum Gasteiger partial charge on any atom is -0.360 e. The predicted octanol–water partition coefficient (Wildman–Crippen LogP) is 6.00. The highest BCUT2D eigenvalue weighted by molar-refractivity contribution is 9.10. The highest BCUT2D eigenvalue weighted by Gasteiger charge is 2.12. The Morgan fingerprint density at radius 1 is 1.22 bits per heavy atom. The van der Waals surface area contributed by atoms with Crippen molar-refractivity contribution in [2.45, 2.75) is 51.9 Å². The fraction of sp³-hybridized carbons (Fsp3) is 0.500. The molecule has 0 aliphatic heterocycles. The van der Waals surface area contributed by atoms with Crippen molar-refractivity contribution in [1.82, 2.24) is 4.98 Å². The SMILES string of the molecule is CCCCCCC(C)c1c[nH]c2c(Br)cccc12. The average molecular weight is 308 g/mol. The van der Waals surface area contributed by atoms with E-state index in [1.54, 1.807) is 0 Å². The topological polar surface area (TPSA) is 15.8 Å². The van der Waals surface area contributed by atoms with Gasteiger partial charge in [-0.15, -0.1) is 0 Å². The molecule has 18 heavy (non-hydrogen) atoms. The van der Waals surface area contributed by atoms with E-state index in [1.807, 2.05) is 0 Å². The number of H-pyrrole nitrogens is 1. The molecule has 1 atom stereocenters. The molecule has 0 aliphatic carbocycles. The van der Waals surface area contributed by atoms with E-state index in [0.29, 0.717) is 5.92 Å². The summed E-state index contributed by atoms with van der Waals surface area (Å²) in [6.07, 6.45) is 8.86. The monoisotopic (exact) mass is 307 g/mol. The van der Waals surface area contributed by atoms with Gasteiger partial charge in [0.2, 0.25) is 0 Å². The van der Waals surface area contributed by atoms with Crippen LogP contribution in [0.15, 0.2) is 28.9 Å². The quantitative estimate of drug-likeness (QED) is 0.629. The van der Waals surface area contributed by atoms with Crippen molar-refractivity contribution in [1.29, 1.82) is 0 Å². The molecule has 0 bridgehead atoms. The lowest BCUT2D eigenvalue weighted by Crippen LogP contribution is -1.92. The van der Waals surface area contributed by atoms with Gasteiger partial charge in [0, 0.05) is 16.1 Å². The minimum atomic E-state index is 0.643. The van der Waals surface area contributed by atoms with E-state index < -0.39 is 0 Å². The second kappa shape index (κ2) is 6.42. The van der Waals surface area contributed by atoms with Gasteiger partial charge in [-0.1, -0.05) is 51.7 Å². The average Bonchev–Trinajstić information content (AvgIpc) is 2.80. The highest BCUT2D eigenvalue weighted by Crippen LogP contribution is 2.32. The Kier molecular flexibility index (Phi) is 4.87. The van der Waals surface area contributed by atoms with Gasteiger partial charge in [0.1, 0.15) is 0 Å². The van der Waals surface area contributed by atoms with Gasteiger partial charge in [-0.05, 0) is 39.9 Å². The number of halogens is 1. The van der Waals surface area contributed by atoms with Gasteiger partial charge in [-0.3, -0.25) is 0 Å². The lowest BCUT2D eigenvalue weighted by molar-refractivity contribution is 0.582. The molecule has 0 aliphatic rings. The van der Waals surface area contributed by atoms with Gasteiger partial charge >= 0.3 is 0 Å². The van der Waals surface area contributed by atoms with Crippen LogP contribution in [0.1, 0.15) is 57.4 Å². The third kappa shape index (κ3) is 2.97. The van der Waals surface area contributed by atoms with Gasteiger partial charge in [0.25, 0.3) is 0 Å². The fourth-order valence-electron chi connectivity index (χ4n) is 2.58. The second-order valence-electron chi connectivity index (χ2n) is 5.16.